The van der Waals surface area contributed by atoms with Crippen LogP contribution in [0.15, 0.2) is 17.0 Å². The van der Waals surface area contributed by atoms with Crippen molar-refractivity contribution < 1.29 is 8.42 Å². The molecule has 0 bridgehead atoms. The number of benzene rings is 1. The molecule has 0 fully saturated rings. The van der Waals surface area contributed by atoms with Gasteiger partial charge in [-0.3, -0.25) is 0 Å². The molecule has 3 rings (SSSR count). The fraction of sp³-hybridized carbons (Fsp3) is 0.571. The Kier molecular flexibility index (Phi) is 2.85. The van der Waals surface area contributed by atoms with Crippen LogP contribution in [-0.4, -0.2) is 27.3 Å². The molecule has 0 saturated heterocycles. The molecule has 0 amide bonds. The highest BCUT2D eigenvalue weighted by molar-refractivity contribution is 7.91. The Balaban J connectivity index is 2.16. The van der Waals surface area contributed by atoms with Crippen molar-refractivity contribution in [2.45, 2.75) is 37.5 Å². The average Bonchev–Trinajstić information content (AvgIpc) is 2.66. The molecule has 18 heavy (non-hydrogen) atoms. The third kappa shape index (κ3) is 1.74. The van der Waals surface area contributed by atoms with Gasteiger partial charge in [-0.25, -0.2) is 8.42 Å². The van der Waals surface area contributed by atoms with E-state index in [4.69, 9.17) is 0 Å². The number of anilines is 1. The first-order valence-electron chi connectivity index (χ1n) is 6.76. The number of rotatable bonds is 2. The van der Waals surface area contributed by atoms with Crippen LogP contribution < -0.4 is 4.90 Å². The van der Waals surface area contributed by atoms with Gasteiger partial charge in [0.1, 0.15) is 0 Å². The molecule has 1 aromatic rings. The van der Waals surface area contributed by atoms with E-state index >= 15 is 0 Å². The molecule has 2 aliphatic rings. The van der Waals surface area contributed by atoms with Crippen molar-refractivity contribution in [3.8, 4) is 0 Å². The van der Waals surface area contributed by atoms with E-state index in [1.54, 1.807) is 0 Å². The van der Waals surface area contributed by atoms with Crippen LogP contribution in [0, 0.1) is 0 Å². The van der Waals surface area contributed by atoms with Crippen LogP contribution in [0.5, 0.6) is 0 Å². The highest BCUT2D eigenvalue weighted by atomic mass is 32.2. The van der Waals surface area contributed by atoms with Gasteiger partial charge in [0.05, 0.1) is 10.6 Å². The number of hydrogen-bond acceptors (Lipinski definition) is 3. The van der Waals surface area contributed by atoms with Crippen molar-refractivity contribution in [2.24, 2.45) is 0 Å². The molecule has 4 heteroatoms. The molecule has 0 saturated carbocycles. The maximum absolute atomic E-state index is 12.2. The van der Waals surface area contributed by atoms with E-state index in [-0.39, 0.29) is 0 Å². The number of sulfone groups is 1. The predicted molar refractivity (Wildman–Crippen MR) is 73.0 cm³/mol. The fourth-order valence-corrected chi connectivity index (χ4v) is 5.05. The summed E-state index contributed by atoms with van der Waals surface area (Å²) in [5.41, 5.74) is 3.28. The average molecular weight is 265 g/mol. The summed E-state index contributed by atoms with van der Waals surface area (Å²) in [4.78, 5) is 3.01. The molecule has 0 N–H and O–H groups in total. The maximum Gasteiger partial charge on any atom is 0.179 e. The van der Waals surface area contributed by atoms with E-state index in [1.807, 2.05) is 6.07 Å². The van der Waals surface area contributed by atoms with E-state index in [2.05, 4.69) is 17.9 Å². The minimum Gasteiger partial charge on any atom is -0.371 e. The van der Waals surface area contributed by atoms with Crippen LogP contribution in [0.1, 0.15) is 30.9 Å². The van der Waals surface area contributed by atoms with Gasteiger partial charge in [0.2, 0.25) is 0 Å². The van der Waals surface area contributed by atoms with Gasteiger partial charge in [-0.2, -0.15) is 0 Å². The molecule has 98 valence electrons. The Morgan fingerprint density at radius 1 is 1.28 bits per heavy atom. The molecular weight excluding hydrogens is 246 g/mol. The lowest BCUT2D eigenvalue weighted by molar-refractivity contribution is 0.597. The minimum atomic E-state index is -3.01. The van der Waals surface area contributed by atoms with Crippen molar-refractivity contribution in [1.29, 1.82) is 0 Å². The van der Waals surface area contributed by atoms with Gasteiger partial charge < -0.3 is 4.90 Å². The van der Waals surface area contributed by atoms with Crippen LogP contribution in [0.3, 0.4) is 0 Å². The first-order valence-corrected chi connectivity index (χ1v) is 8.41. The van der Waals surface area contributed by atoms with Gasteiger partial charge >= 0.3 is 0 Å². The lowest BCUT2D eigenvalue weighted by Gasteiger charge is -2.32. The third-order valence-corrected chi connectivity index (χ3v) is 5.83. The molecule has 0 spiro atoms. The number of nitrogens with zero attached hydrogens (tertiary/aromatic N) is 1. The minimum absolute atomic E-state index is 0.298. The number of aryl methyl sites for hydroxylation is 1. The van der Waals surface area contributed by atoms with Gasteiger partial charge in [0.15, 0.2) is 9.84 Å². The predicted octanol–water partition coefficient (Wildman–Crippen LogP) is 2.18. The molecule has 0 aromatic heterocycles. The highest BCUT2D eigenvalue weighted by Crippen LogP contribution is 2.38. The zero-order chi connectivity index (χ0) is 12.8. The van der Waals surface area contributed by atoms with Crippen molar-refractivity contribution in [2.75, 3.05) is 23.7 Å². The Hall–Kier alpha value is -1.03. The van der Waals surface area contributed by atoms with Crippen molar-refractivity contribution in [3.63, 3.8) is 0 Å². The van der Waals surface area contributed by atoms with Gasteiger partial charge in [0.25, 0.3) is 0 Å². The summed E-state index contributed by atoms with van der Waals surface area (Å²) >= 11 is 0. The van der Waals surface area contributed by atoms with Crippen LogP contribution >= 0.6 is 0 Å². The molecule has 0 atom stereocenters. The maximum atomic E-state index is 12.2. The summed E-state index contributed by atoms with van der Waals surface area (Å²) in [5, 5.41) is 0. The lowest BCUT2D eigenvalue weighted by Crippen LogP contribution is -2.30. The second-order valence-electron chi connectivity index (χ2n) is 5.21. The van der Waals surface area contributed by atoms with Crippen LogP contribution in [-0.2, 0) is 22.7 Å². The van der Waals surface area contributed by atoms with E-state index < -0.39 is 9.84 Å². The Labute approximate surface area is 109 Å². The normalized spacial score (nSPS) is 20.6. The summed E-state index contributed by atoms with van der Waals surface area (Å²) in [6, 6.07) is 4.15. The van der Waals surface area contributed by atoms with Crippen molar-refractivity contribution in [1.82, 2.24) is 0 Å². The molecule has 0 unspecified atom stereocenters. The second kappa shape index (κ2) is 4.26. The lowest BCUT2D eigenvalue weighted by atomic mass is 9.98. The first kappa shape index (κ1) is 12.0. The van der Waals surface area contributed by atoms with E-state index in [0.717, 1.165) is 49.2 Å². The quantitative estimate of drug-likeness (QED) is 0.822. The van der Waals surface area contributed by atoms with Crippen LogP contribution in [0.2, 0.25) is 0 Å². The molecular formula is C14H19NO2S. The summed E-state index contributed by atoms with van der Waals surface area (Å²) in [7, 11) is -3.01. The largest absolute Gasteiger partial charge is 0.371 e. The second-order valence-corrected chi connectivity index (χ2v) is 7.26. The van der Waals surface area contributed by atoms with Crippen molar-refractivity contribution in [3.05, 3.63) is 23.3 Å². The molecule has 2 heterocycles. The molecule has 0 aliphatic carbocycles. The number of fused-ring (bicyclic) bond motifs is 3. The Morgan fingerprint density at radius 2 is 2.11 bits per heavy atom. The van der Waals surface area contributed by atoms with E-state index in [9.17, 15) is 8.42 Å². The first-order chi connectivity index (χ1) is 8.63. The molecule has 0 radical (unpaired) electrons. The van der Waals surface area contributed by atoms with Gasteiger partial charge in [-0.1, -0.05) is 13.0 Å². The zero-order valence-electron chi connectivity index (χ0n) is 10.8. The number of hydrogen-bond donors (Lipinski definition) is 0. The third-order valence-electron chi connectivity index (χ3n) is 3.96. The summed E-state index contributed by atoms with van der Waals surface area (Å²) in [6.07, 6.45) is 3.78. The van der Waals surface area contributed by atoms with Crippen molar-refractivity contribution >= 4 is 15.5 Å². The topological polar surface area (TPSA) is 37.4 Å². The monoisotopic (exact) mass is 265 g/mol. The standard InChI is InChI=1S/C14H19NO2S/c1-2-8-15-9-3-4-12-13(15)6-5-11-7-10-18(16,17)14(11)12/h5-6H,2-4,7-10H2,1H3. The SMILES string of the molecule is CCCN1CCCc2c1ccc1c2S(=O)(=O)CC1. The van der Waals surface area contributed by atoms with E-state index in [0.29, 0.717) is 17.1 Å². The molecule has 1 aromatic carbocycles. The summed E-state index contributed by atoms with van der Waals surface area (Å²) in [5.74, 6) is 0.298. The molecule has 3 nitrogen and oxygen atoms in total. The van der Waals surface area contributed by atoms with Gasteiger partial charge in [-0.05, 0) is 42.9 Å². The fourth-order valence-electron chi connectivity index (χ4n) is 3.20. The zero-order valence-corrected chi connectivity index (χ0v) is 11.6. The highest BCUT2D eigenvalue weighted by Gasteiger charge is 2.32. The van der Waals surface area contributed by atoms with E-state index in [1.165, 1.54) is 0 Å². The summed E-state index contributed by atoms with van der Waals surface area (Å²) < 4.78 is 24.3. The summed E-state index contributed by atoms with van der Waals surface area (Å²) in [6.45, 7) is 4.24. The Bertz CT molecular complexity index is 578. The van der Waals surface area contributed by atoms with Gasteiger partial charge in [0, 0.05) is 18.8 Å². The Morgan fingerprint density at radius 3 is 2.89 bits per heavy atom. The van der Waals surface area contributed by atoms with Gasteiger partial charge in [-0.15, -0.1) is 0 Å². The smallest absolute Gasteiger partial charge is 0.179 e. The molecule has 2 aliphatic heterocycles. The van der Waals surface area contributed by atoms with Crippen LogP contribution in [0.25, 0.3) is 0 Å². The van der Waals surface area contributed by atoms with Crippen LogP contribution in [0.4, 0.5) is 5.69 Å².